The monoisotopic (exact) mass is 300 g/mol. The van der Waals surface area contributed by atoms with Crippen LogP contribution in [0.4, 0.5) is 5.69 Å². The Hall–Kier alpha value is -2.73. The smallest absolute Gasteiger partial charge is 0.344 e. The van der Waals surface area contributed by atoms with E-state index in [0.717, 1.165) is 5.69 Å². The third kappa shape index (κ3) is 2.44. The highest BCUT2D eigenvalue weighted by atomic mass is 16.6. The van der Waals surface area contributed by atoms with Crippen LogP contribution in [0.1, 0.15) is 22.1 Å². The molecule has 1 aliphatic rings. The van der Waals surface area contributed by atoms with E-state index in [1.807, 2.05) is 30.3 Å². The number of fused-ring (bicyclic) bond motifs is 1. The van der Waals surface area contributed by atoms with Gasteiger partial charge in [0.1, 0.15) is 5.56 Å². The van der Waals surface area contributed by atoms with Crippen LogP contribution >= 0.6 is 0 Å². The number of rotatable bonds is 5. The number of carbonyl (C=O) groups excluding carboxylic acids is 1. The van der Waals surface area contributed by atoms with Crippen molar-refractivity contribution in [3.05, 3.63) is 53.6 Å². The predicted octanol–water partition coefficient (Wildman–Crippen LogP) is 2.49. The molecule has 2 aromatic carbocycles. The first-order chi connectivity index (χ1) is 10.7. The topological polar surface area (TPSA) is 68.8 Å². The van der Waals surface area contributed by atoms with Crippen LogP contribution in [0.25, 0.3) is 0 Å². The van der Waals surface area contributed by atoms with Crippen molar-refractivity contribution in [1.29, 1.82) is 0 Å². The Morgan fingerprint density at radius 2 is 1.82 bits per heavy atom. The van der Waals surface area contributed by atoms with Gasteiger partial charge in [-0.2, -0.15) is 5.43 Å². The number of nitrogens with one attached hydrogen (secondary N) is 2. The van der Waals surface area contributed by atoms with E-state index in [1.54, 1.807) is 12.1 Å². The van der Waals surface area contributed by atoms with Gasteiger partial charge in [-0.25, -0.2) is 4.79 Å². The first-order valence-corrected chi connectivity index (χ1v) is 6.77. The average molecular weight is 300 g/mol. The Balaban J connectivity index is 1.85. The number of benzene rings is 2. The molecule has 0 saturated carbocycles. The zero-order valence-corrected chi connectivity index (χ0v) is 12.3. The number of hydrogen-bond donors (Lipinski definition) is 2. The van der Waals surface area contributed by atoms with Gasteiger partial charge in [0, 0.05) is 11.3 Å². The second kappa shape index (κ2) is 5.95. The van der Waals surface area contributed by atoms with Crippen molar-refractivity contribution in [2.75, 3.05) is 19.6 Å². The Morgan fingerprint density at radius 3 is 2.50 bits per heavy atom. The SMILES string of the molecule is COc1ccc2c(c1OC)C(=O)O[C@@H]2NNc1ccccc1. The molecule has 0 amide bonds. The fourth-order valence-corrected chi connectivity index (χ4v) is 2.38. The number of ether oxygens (including phenoxy) is 3. The summed E-state index contributed by atoms with van der Waals surface area (Å²) in [6.07, 6.45) is -0.595. The largest absolute Gasteiger partial charge is 0.493 e. The highest BCUT2D eigenvalue weighted by Gasteiger charge is 2.35. The minimum atomic E-state index is -0.595. The van der Waals surface area contributed by atoms with Crippen LogP contribution < -0.4 is 20.3 Å². The van der Waals surface area contributed by atoms with Gasteiger partial charge in [-0.3, -0.25) is 0 Å². The minimum Gasteiger partial charge on any atom is -0.493 e. The molecule has 1 aliphatic heterocycles. The molecule has 0 radical (unpaired) electrons. The van der Waals surface area contributed by atoms with Gasteiger partial charge < -0.3 is 19.6 Å². The first-order valence-electron chi connectivity index (χ1n) is 6.77. The lowest BCUT2D eigenvalue weighted by Gasteiger charge is -2.15. The molecule has 0 spiro atoms. The van der Waals surface area contributed by atoms with Crippen molar-refractivity contribution < 1.29 is 19.0 Å². The lowest BCUT2D eigenvalue weighted by Crippen LogP contribution is -2.27. The van der Waals surface area contributed by atoms with E-state index in [9.17, 15) is 4.79 Å². The maximum Gasteiger partial charge on any atom is 0.344 e. The molecule has 0 fully saturated rings. The molecule has 0 unspecified atom stereocenters. The second-order valence-corrected chi connectivity index (χ2v) is 4.69. The summed E-state index contributed by atoms with van der Waals surface area (Å²) in [5.74, 6) is 0.432. The Morgan fingerprint density at radius 1 is 1.05 bits per heavy atom. The summed E-state index contributed by atoms with van der Waals surface area (Å²) in [4.78, 5) is 12.1. The molecular formula is C16H16N2O4. The molecule has 2 N–H and O–H groups in total. The molecule has 114 valence electrons. The van der Waals surface area contributed by atoms with Crippen LogP contribution in [0.5, 0.6) is 11.5 Å². The van der Waals surface area contributed by atoms with Crippen LogP contribution in [-0.2, 0) is 4.74 Å². The van der Waals surface area contributed by atoms with Gasteiger partial charge in [-0.15, -0.1) is 0 Å². The summed E-state index contributed by atoms with van der Waals surface area (Å²) in [5, 5.41) is 0. The number of hydrogen-bond acceptors (Lipinski definition) is 6. The van der Waals surface area contributed by atoms with Crippen molar-refractivity contribution in [1.82, 2.24) is 5.43 Å². The van der Waals surface area contributed by atoms with Gasteiger partial charge in [0.15, 0.2) is 17.7 Å². The number of esters is 1. The molecule has 6 nitrogen and oxygen atoms in total. The van der Waals surface area contributed by atoms with Gasteiger partial charge in [-0.05, 0) is 24.3 Å². The Bertz CT molecular complexity index is 688. The molecule has 0 aliphatic carbocycles. The van der Waals surface area contributed by atoms with Crippen LogP contribution in [0.2, 0.25) is 0 Å². The van der Waals surface area contributed by atoms with Crippen LogP contribution in [0.15, 0.2) is 42.5 Å². The Labute approximate surface area is 128 Å². The minimum absolute atomic E-state index is 0.383. The first kappa shape index (κ1) is 14.2. The van der Waals surface area contributed by atoms with Gasteiger partial charge >= 0.3 is 5.97 Å². The van der Waals surface area contributed by atoms with E-state index in [1.165, 1.54) is 14.2 Å². The third-order valence-electron chi connectivity index (χ3n) is 3.41. The predicted molar refractivity (Wildman–Crippen MR) is 80.9 cm³/mol. The fraction of sp³-hybridized carbons (Fsp3) is 0.188. The summed E-state index contributed by atoms with van der Waals surface area (Å²) >= 11 is 0. The number of anilines is 1. The number of cyclic esters (lactones) is 1. The summed E-state index contributed by atoms with van der Waals surface area (Å²) in [7, 11) is 3.02. The van der Waals surface area contributed by atoms with Crippen molar-refractivity contribution >= 4 is 11.7 Å². The molecule has 3 rings (SSSR count). The number of hydrazine groups is 1. The fourth-order valence-electron chi connectivity index (χ4n) is 2.38. The van der Waals surface area contributed by atoms with Gasteiger partial charge in [0.25, 0.3) is 0 Å². The molecular weight excluding hydrogens is 284 g/mol. The van der Waals surface area contributed by atoms with Crippen molar-refractivity contribution in [2.24, 2.45) is 0 Å². The second-order valence-electron chi connectivity index (χ2n) is 4.69. The molecule has 1 heterocycles. The maximum absolute atomic E-state index is 12.1. The zero-order chi connectivity index (χ0) is 15.5. The maximum atomic E-state index is 12.1. The van der Waals surface area contributed by atoms with Gasteiger partial charge in [-0.1, -0.05) is 18.2 Å². The summed E-state index contributed by atoms with van der Waals surface area (Å²) in [6, 6.07) is 13.1. The quantitative estimate of drug-likeness (QED) is 0.653. The van der Waals surface area contributed by atoms with Crippen LogP contribution in [0, 0.1) is 0 Å². The zero-order valence-electron chi connectivity index (χ0n) is 12.3. The summed E-state index contributed by atoms with van der Waals surface area (Å²) in [5.41, 5.74) is 7.95. The van der Waals surface area contributed by atoms with E-state index < -0.39 is 12.2 Å². The van der Waals surface area contributed by atoms with E-state index in [0.29, 0.717) is 22.6 Å². The van der Waals surface area contributed by atoms with Gasteiger partial charge in [0.05, 0.1) is 14.2 Å². The molecule has 0 saturated heterocycles. The number of para-hydroxylation sites is 1. The summed E-state index contributed by atoms with van der Waals surface area (Å²) in [6.45, 7) is 0. The molecule has 1 atom stereocenters. The lowest BCUT2D eigenvalue weighted by atomic mass is 10.1. The number of carbonyl (C=O) groups is 1. The van der Waals surface area contributed by atoms with E-state index >= 15 is 0 Å². The standard InChI is InChI=1S/C16H16N2O4/c1-20-12-9-8-11-13(14(12)21-2)16(19)22-15(11)18-17-10-6-4-3-5-7-10/h3-9,15,17-18H,1-2H3/t15-/m0/s1. The van der Waals surface area contributed by atoms with Gasteiger partial charge in [0.2, 0.25) is 0 Å². The third-order valence-corrected chi connectivity index (χ3v) is 3.41. The highest BCUT2D eigenvalue weighted by molar-refractivity contribution is 5.98. The Kier molecular flexibility index (Phi) is 3.84. The average Bonchev–Trinajstić information content (AvgIpc) is 2.89. The van der Waals surface area contributed by atoms with Crippen LogP contribution in [0.3, 0.4) is 0 Å². The normalized spacial score (nSPS) is 15.9. The van der Waals surface area contributed by atoms with Crippen LogP contribution in [-0.4, -0.2) is 20.2 Å². The van der Waals surface area contributed by atoms with E-state index in [2.05, 4.69) is 10.9 Å². The molecule has 0 aromatic heterocycles. The molecule has 2 aromatic rings. The highest BCUT2D eigenvalue weighted by Crippen LogP contribution is 2.40. The molecule has 0 bridgehead atoms. The van der Waals surface area contributed by atoms with Crippen molar-refractivity contribution in [3.8, 4) is 11.5 Å². The molecule has 22 heavy (non-hydrogen) atoms. The number of methoxy groups -OCH3 is 2. The summed E-state index contributed by atoms with van der Waals surface area (Å²) < 4.78 is 15.8. The van der Waals surface area contributed by atoms with Crippen molar-refractivity contribution in [3.63, 3.8) is 0 Å². The van der Waals surface area contributed by atoms with E-state index in [4.69, 9.17) is 14.2 Å². The van der Waals surface area contributed by atoms with E-state index in [-0.39, 0.29) is 0 Å². The van der Waals surface area contributed by atoms with Crippen molar-refractivity contribution in [2.45, 2.75) is 6.23 Å². The lowest BCUT2D eigenvalue weighted by molar-refractivity contribution is 0.0326. The molecule has 6 heteroatoms.